The quantitative estimate of drug-likeness (QED) is 0.675. The number of carbonyl (C=O) groups excluding carboxylic acids is 1. The number of aromatic nitrogens is 1. The summed E-state index contributed by atoms with van der Waals surface area (Å²) in [6.45, 7) is 2.69. The van der Waals surface area contributed by atoms with E-state index in [1.54, 1.807) is 5.38 Å². The number of nitrogens with zero attached hydrogens (tertiary/aromatic N) is 1. The summed E-state index contributed by atoms with van der Waals surface area (Å²) in [6.07, 6.45) is -0.371. The first-order valence-electron chi connectivity index (χ1n) is 3.97. The third-order valence-corrected chi connectivity index (χ3v) is 2.65. The lowest BCUT2D eigenvalue weighted by atomic mass is 10.4. The van der Waals surface area contributed by atoms with E-state index in [-0.39, 0.29) is 12.1 Å². The van der Waals surface area contributed by atoms with Gasteiger partial charge in [-0.15, -0.1) is 11.3 Å². The standard InChI is InChI=1S/C8H9NO3S/c1-5(10)7-9-6(4-13-7)8-11-2-3-12-8/h4,8H,2-3H2,1H3. The zero-order chi connectivity index (χ0) is 9.26. The van der Waals surface area contributed by atoms with E-state index in [4.69, 9.17) is 9.47 Å². The highest BCUT2D eigenvalue weighted by molar-refractivity contribution is 7.11. The third kappa shape index (κ3) is 1.77. The van der Waals surface area contributed by atoms with E-state index < -0.39 is 0 Å². The highest BCUT2D eigenvalue weighted by atomic mass is 32.1. The number of carbonyl (C=O) groups is 1. The molecule has 0 radical (unpaired) electrons. The highest BCUT2D eigenvalue weighted by Gasteiger charge is 2.21. The van der Waals surface area contributed by atoms with Gasteiger partial charge in [-0.3, -0.25) is 4.79 Å². The first-order chi connectivity index (χ1) is 6.27. The predicted octanol–water partition coefficient (Wildman–Crippen LogP) is 1.39. The molecule has 0 saturated carbocycles. The number of ketones is 1. The van der Waals surface area contributed by atoms with Gasteiger partial charge in [-0.2, -0.15) is 0 Å². The van der Waals surface area contributed by atoms with Gasteiger partial charge in [-0.05, 0) is 0 Å². The number of Topliss-reactive ketones (excluding diaryl/α,β-unsaturated/α-hetero) is 1. The first-order valence-corrected chi connectivity index (χ1v) is 4.85. The zero-order valence-corrected chi connectivity index (χ0v) is 7.97. The van der Waals surface area contributed by atoms with E-state index in [0.717, 1.165) is 0 Å². The van der Waals surface area contributed by atoms with Crippen molar-refractivity contribution in [3.63, 3.8) is 0 Å². The Kier molecular flexibility index (Phi) is 2.39. The predicted molar refractivity (Wildman–Crippen MR) is 46.8 cm³/mol. The zero-order valence-electron chi connectivity index (χ0n) is 7.15. The van der Waals surface area contributed by atoms with Crippen LogP contribution in [-0.2, 0) is 9.47 Å². The van der Waals surface area contributed by atoms with Crippen molar-refractivity contribution in [3.8, 4) is 0 Å². The van der Waals surface area contributed by atoms with Crippen molar-refractivity contribution < 1.29 is 14.3 Å². The van der Waals surface area contributed by atoms with Gasteiger partial charge >= 0.3 is 0 Å². The van der Waals surface area contributed by atoms with E-state index >= 15 is 0 Å². The normalized spacial score (nSPS) is 17.9. The van der Waals surface area contributed by atoms with Gasteiger partial charge in [0.15, 0.2) is 10.8 Å². The van der Waals surface area contributed by atoms with Crippen LogP contribution in [0.4, 0.5) is 0 Å². The van der Waals surface area contributed by atoms with Crippen molar-refractivity contribution in [2.24, 2.45) is 0 Å². The van der Waals surface area contributed by atoms with E-state index in [0.29, 0.717) is 23.9 Å². The number of ether oxygens (including phenoxy) is 2. The number of rotatable bonds is 2. The molecule has 1 fully saturated rings. The van der Waals surface area contributed by atoms with Crippen molar-refractivity contribution in [3.05, 3.63) is 16.1 Å². The minimum Gasteiger partial charge on any atom is -0.345 e. The van der Waals surface area contributed by atoms with E-state index in [1.807, 2.05) is 0 Å². The molecule has 1 aromatic heterocycles. The Hall–Kier alpha value is -0.780. The second kappa shape index (κ2) is 3.53. The monoisotopic (exact) mass is 199 g/mol. The molecule has 0 aromatic carbocycles. The fraction of sp³-hybridized carbons (Fsp3) is 0.500. The lowest BCUT2D eigenvalue weighted by Crippen LogP contribution is -1.99. The summed E-state index contributed by atoms with van der Waals surface area (Å²) in [7, 11) is 0. The molecule has 1 aliphatic rings. The number of thiazole rings is 1. The van der Waals surface area contributed by atoms with Gasteiger partial charge in [0.05, 0.1) is 13.2 Å². The Labute approximate surface area is 79.5 Å². The minimum atomic E-state index is -0.371. The summed E-state index contributed by atoms with van der Waals surface area (Å²) >= 11 is 1.32. The van der Waals surface area contributed by atoms with Crippen LogP contribution in [0.5, 0.6) is 0 Å². The average Bonchev–Trinajstić information content (AvgIpc) is 2.75. The molecule has 2 heterocycles. The molecule has 1 saturated heterocycles. The maximum atomic E-state index is 10.9. The molecule has 0 unspecified atom stereocenters. The van der Waals surface area contributed by atoms with Gasteiger partial charge in [0.2, 0.25) is 6.29 Å². The van der Waals surface area contributed by atoms with E-state index in [9.17, 15) is 4.79 Å². The molecule has 0 bridgehead atoms. The topological polar surface area (TPSA) is 48.4 Å². The van der Waals surface area contributed by atoms with Crippen molar-refractivity contribution in [2.75, 3.05) is 13.2 Å². The molecular formula is C8H9NO3S. The third-order valence-electron chi connectivity index (χ3n) is 1.69. The molecule has 0 atom stereocenters. The first kappa shape index (κ1) is 8.80. The Morgan fingerprint density at radius 1 is 1.62 bits per heavy atom. The van der Waals surface area contributed by atoms with Crippen LogP contribution in [0.3, 0.4) is 0 Å². The van der Waals surface area contributed by atoms with Crippen LogP contribution in [0.1, 0.15) is 28.7 Å². The van der Waals surface area contributed by atoms with Crippen molar-refractivity contribution >= 4 is 17.1 Å². The van der Waals surface area contributed by atoms with Crippen LogP contribution in [0, 0.1) is 0 Å². The van der Waals surface area contributed by atoms with Gasteiger partial charge in [-0.1, -0.05) is 0 Å². The van der Waals surface area contributed by atoms with Crippen molar-refractivity contribution in [2.45, 2.75) is 13.2 Å². The fourth-order valence-corrected chi connectivity index (χ4v) is 1.81. The molecule has 1 aliphatic heterocycles. The van der Waals surface area contributed by atoms with Crippen LogP contribution in [0.2, 0.25) is 0 Å². The summed E-state index contributed by atoms with van der Waals surface area (Å²) in [5.74, 6) is -0.0192. The maximum Gasteiger partial charge on any atom is 0.202 e. The molecule has 1 aromatic rings. The summed E-state index contributed by atoms with van der Waals surface area (Å²) in [5.41, 5.74) is 0.702. The van der Waals surface area contributed by atoms with Crippen LogP contribution < -0.4 is 0 Å². The molecule has 0 N–H and O–H groups in total. The van der Waals surface area contributed by atoms with Gasteiger partial charge < -0.3 is 9.47 Å². The molecule has 0 amide bonds. The molecule has 4 nitrogen and oxygen atoms in total. The maximum absolute atomic E-state index is 10.9. The molecular weight excluding hydrogens is 190 g/mol. The smallest absolute Gasteiger partial charge is 0.202 e. The van der Waals surface area contributed by atoms with Gasteiger partial charge in [0.1, 0.15) is 5.69 Å². The minimum absolute atomic E-state index is 0.0192. The summed E-state index contributed by atoms with van der Waals surface area (Å²) in [6, 6.07) is 0. The number of hydrogen-bond donors (Lipinski definition) is 0. The largest absolute Gasteiger partial charge is 0.345 e. The SMILES string of the molecule is CC(=O)c1nc(C2OCCO2)cs1. The molecule has 70 valence electrons. The van der Waals surface area contributed by atoms with E-state index in [1.165, 1.54) is 18.3 Å². The summed E-state index contributed by atoms with van der Waals surface area (Å²) in [4.78, 5) is 15.1. The Balaban J connectivity index is 2.16. The molecule has 13 heavy (non-hydrogen) atoms. The van der Waals surface area contributed by atoms with Crippen LogP contribution >= 0.6 is 11.3 Å². The molecule has 0 spiro atoms. The van der Waals surface area contributed by atoms with Crippen LogP contribution in [0.15, 0.2) is 5.38 Å². The Bertz CT molecular complexity index is 317. The van der Waals surface area contributed by atoms with E-state index in [2.05, 4.69) is 4.98 Å². The molecule has 2 rings (SSSR count). The molecule has 5 heteroatoms. The van der Waals surface area contributed by atoms with Crippen molar-refractivity contribution in [1.29, 1.82) is 0 Å². The molecule has 0 aliphatic carbocycles. The Morgan fingerprint density at radius 3 is 2.85 bits per heavy atom. The van der Waals surface area contributed by atoms with Gasteiger partial charge in [-0.25, -0.2) is 4.98 Å². The van der Waals surface area contributed by atoms with Gasteiger partial charge in [0, 0.05) is 12.3 Å². The second-order valence-corrected chi connectivity index (χ2v) is 3.57. The summed E-state index contributed by atoms with van der Waals surface area (Å²) in [5, 5.41) is 2.31. The average molecular weight is 199 g/mol. The lowest BCUT2D eigenvalue weighted by Gasteiger charge is -2.03. The fourth-order valence-electron chi connectivity index (χ4n) is 1.09. The second-order valence-electron chi connectivity index (χ2n) is 2.71. The van der Waals surface area contributed by atoms with Crippen LogP contribution in [0.25, 0.3) is 0 Å². The summed E-state index contributed by atoms with van der Waals surface area (Å²) < 4.78 is 10.5. The highest BCUT2D eigenvalue weighted by Crippen LogP contribution is 2.24. The number of hydrogen-bond acceptors (Lipinski definition) is 5. The van der Waals surface area contributed by atoms with Crippen molar-refractivity contribution in [1.82, 2.24) is 4.98 Å². The Morgan fingerprint density at radius 2 is 2.31 bits per heavy atom. The van der Waals surface area contributed by atoms with Gasteiger partial charge in [0.25, 0.3) is 0 Å². The lowest BCUT2D eigenvalue weighted by molar-refractivity contribution is -0.0469. The van der Waals surface area contributed by atoms with Crippen LogP contribution in [-0.4, -0.2) is 24.0 Å².